The quantitative estimate of drug-likeness (QED) is 0.808. The average Bonchev–Trinajstić information content (AvgIpc) is 2.67. The van der Waals surface area contributed by atoms with E-state index < -0.39 is 0 Å². The van der Waals surface area contributed by atoms with Gasteiger partial charge in [0.05, 0.1) is 6.61 Å². The van der Waals surface area contributed by atoms with Gasteiger partial charge in [-0.2, -0.15) is 0 Å². The lowest BCUT2D eigenvalue weighted by Crippen LogP contribution is -2.45. The Kier molecular flexibility index (Phi) is 6.02. The van der Waals surface area contributed by atoms with E-state index in [9.17, 15) is 0 Å². The highest BCUT2D eigenvalue weighted by Gasteiger charge is 2.30. The highest BCUT2D eigenvalue weighted by atomic mass is 16.5. The first-order valence-electron chi connectivity index (χ1n) is 7.79. The maximum Gasteiger partial charge on any atom is 0.0589 e. The molecule has 3 nitrogen and oxygen atoms in total. The molecule has 0 bridgehead atoms. The van der Waals surface area contributed by atoms with Gasteiger partial charge >= 0.3 is 0 Å². The lowest BCUT2D eigenvalue weighted by Gasteiger charge is -2.36. The third-order valence-corrected chi connectivity index (χ3v) is 4.49. The van der Waals surface area contributed by atoms with Crippen molar-refractivity contribution < 1.29 is 4.74 Å². The van der Waals surface area contributed by atoms with Crippen LogP contribution in [0.1, 0.15) is 36.9 Å². The van der Waals surface area contributed by atoms with Gasteiger partial charge in [-0.1, -0.05) is 31.2 Å². The van der Waals surface area contributed by atoms with Crippen LogP contribution in [0, 0.1) is 0 Å². The highest BCUT2D eigenvalue weighted by molar-refractivity contribution is 5.32. The Bertz CT molecular complexity index is 408. The van der Waals surface area contributed by atoms with Crippen LogP contribution < -0.4 is 5.32 Å². The molecule has 0 saturated carbocycles. The van der Waals surface area contributed by atoms with Crippen molar-refractivity contribution in [2.45, 2.75) is 38.3 Å². The average molecular weight is 276 g/mol. The summed E-state index contributed by atoms with van der Waals surface area (Å²) in [4.78, 5) is 2.56. The second kappa shape index (κ2) is 7.77. The number of hydrogen-bond donors (Lipinski definition) is 1. The fraction of sp³-hybridized carbons (Fsp3) is 0.647. The third kappa shape index (κ3) is 3.40. The summed E-state index contributed by atoms with van der Waals surface area (Å²) in [6, 6.07) is 9.88. The molecule has 0 aromatic heterocycles. The van der Waals surface area contributed by atoms with Crippen LogP contribution >= 0.6 is 0 Å². The zero-order valence-corrected chi connectivity index (χ0v) is 13.1. The Morgan fingerprint density at radius 2 is 2.15 bits per heavy atom. The van der Waals surface area contributed by atoms with Crippen molar-refractivity contribution in [2.75, 3.05) is 33.9 Å². The normalized spacial score (nSPS) is 22.6. The third-order valence-electron chi connectivity index (χ3n) is 4.49. The van der Waals surface area contributed by atoms with Gasteiger partial charge < -0.3 is 10.1 Å². The minimum absolute atomic E-state index is 0.422. The fourth-order valence-corrected chi connectivity index (χ4v) is 3.45. The Morgan fingerprint density at radius 3 is 2.85 bits per heavy atom. The lowest BCUT2D eigenvalue weighted by atomic mass is 9.95. The monoisotopic (exact) mass is 276 g/mol. The molecule has 0 fully saturated rings. The first kappa shape index (κ1) is 15.5. The largest absolute Gasteiger partial charge is 0.383 e. The summed E-state index contributed by atoms with van der Waals surface area (Å²) in [5.74, 6) is 0. The van der Waals surface area contributed by atoms with Crippen LogP contribution in [0.5, 0.6) is 0 Å². The number of nitrogens with zero attached hydrogens (tertiary/aromatic N) is 1. The SMILES string of the molecule is CCN(CCOC)C1CCCc2ccccc2C1NC. The second-order valence-corrected chi connectivity index (χ2v) is 5.55. The molecule has 20 heavy (non-hydrogen) atoms. The molecule has 112 valence electrons. The number of benzene rings is 1. The number of fused-ring (bicyclic) bond motifs is 1. The van der Waals surface area contributed by atoms with Gasteiger partial charge in [-0.3, -0.25) is 4.90 Å². The van der Waals surface area contributed by atoms with Crippen LogP contribution in [0.3, 0.4) is 0 Å². The van der Waals surface area contributed by atoms with Crippen molar-refractivity contribution in [1.82, 2.24) is 10.2 Å². The summed E-state index contributed by atoms with van der Waals surface area (Å²) >= 11 is 0. The summed E-state index contributed by atoms with van der Waals surface area (Å²) in [7, 11) is 3.87. The van der Waals surface area contributed by atoms with Gasteiger partial charge in [0.1, 0.15) is 0 Å². The van der Waals surface area contributed by atoms with Crippen molar-refractivity contribution in [3.8, 4) is 0 Å². The number of hydrogen-bond acceptors (Lipinski definition) is 3. The molecule has 0 heterocycles. The zero-order chi connectivity index (χ0) is 14.4. The molecule has 0 spiro atoms. The molecule has 1 aliphatic rings. The van der Waals surface area contributed by atoms with E-state index in [-0.39, 0.29) is 0 Å². The highest BCUT2D eigenvalue weighted by Crippen LogP contribution is 2.31. The number of aryl methyl sites for hydroxylation is 1. The Hall–Kier alpha value is -0.900. The predicted molar refractivity (Wildman–Crippen MR) is 84.1 cm³/mol. The number of likely N-dealkylation sites (N-methyl/N-ethyl adjacent to an activating group) is 2. The van der Waals surface area contributed by atoms with E-state index in [2.05, 4.69) is 48.5 Å². The van der Waals surface area contributed by atoms with Crippen molar-refractivity contribution in [1.29, 1.82) is 0 Å². The number of methoxy groups -OCH3 is 1. The van der Waals surface area contributed by atoms with E-state index in [4.69, 9.17) is 4.74 Å². The molecule has 0 saturated heterocycles. The fourth-order valence-electron chi connectivity index (χ4n) is 3.45. The molecule has 3 heteroatoms. The predicted octanol–water partition coefficient (Wildman–Crippen LogP) is 2.62. The molecule has 0 radical (unpaired) electrons. The topological polar surface area (TPSA) is 24.5 Å². The Morgan fingerprint density at radius 1 is 1.35 bits per heavy atom. The van der Waals surface area contributed by atoms with Crippen LogP contribution in [-0.2, 0) is 11.2 Å². The zero-order valence-electron chi connectivity index (χ0n) is 13.1. The minimum Gasteiger partial charge on any atom is -0.383 e. The van der Waals surface area contributed by atoms with E-state index in [0.29, 0.717) is 12.1 Å². The van der Waals surface area contributed by atoms with Crippen molar-refractivity contribution in [3.63, 3.8) is 0 Å². The van der Waals surface area contributed by atoms with Gasteiger partial charge in [0.25, 0.3) is 0 Å². The molecule has 1 aliphatic carbocycles. The molecule has 1 N–H and O–H groups in total. The van der Waals surface area contributed by atoms with E-state index in [1.807, 2.05) is 0 Å². The summed E-state index contributed by atoms with van der Waals surface area (Å²) in [5, 5.41) is 3.56. The smallest absolute Gasteiger partial charge is 0.0589 e. The molecular formula is C17H28N2O. The van der Waals surface area contributed by atoms with Crippen LogP contribution in [0.25, 0.3) is 0 Å². The molecule has 0 aliphatic heterocycles. The summed E-state index contributed by atoms with van der Waals surface area (Å²) in [5.41, 5.74) is 2.99. The van der Waals surface area contributed by atoms with Gasteiger partial charge in [-0.25, -0.2) is 0 Å². The summed E-state index contributed by atoms with van der Waals surface area (Å²) in [6.07, 6.45) is 3.72. The van der Waals surface area contributed by atoms with E-state index >= 15 is 0 Å². The molecule has 2 rings (SSSR count). The lowest BCUT2D eigenvalue weighted by molar-refractivity contribution is 0.103. The summed E-state index contributed by atoms with van der Waals surface area (Å²) < 4.78 is 5.27. The molecular weight excluding hydrogens is 248 g/mol. The maximum atomic E-state index is 5.27. The Balaban J connectivity index is 2.24. The van der Waals surface area contributed by atoms with E-state index in [1.165, 1.54) is 30.4 Å². The molecule has 1 aromatic carbocycles. The van der Waals surface area contributed by atoms with Gasteiger partial charge in [0.15, 0.2) is 0 Å². The molecule has 2 atom stereocenters. The first-order valence-corrected chi connectivity index (χ1v) is 7.79. The van der Waals surface area contributed by atoms with Crippen LogP contribution in [-0.4, -0.2) is 44.8 Å². The van der Waals surface area contributed by atoms with Crippen LogP contribution in [0.2, 0.25) is 0 Å². The number of nitrogens with one attached hydrogen (secondary N) is 1. The Labute approximate surface area is 123 Å². The van der Waals surface area contributed by atoms with Gasteiger partial charge in [0.2, 0.25) is 0 Å². The first-order chi connectivity index (χ1) is 9.81. The van der Waals surface area contributed by atoms with Gasteiger partial charge in [-0.15, -0.1) is 0 Å². The van der Waals surface area contributed by atoms with E-state index in [0.717, 1.165) is 19.7 Å². The van der Waals surface area contributed by atoms with Crippen molar-refractivity contribution in [2.24, 2.45) is 0 Å². The van der Waals surface area contributed by atoms with Gasteiger partial charge in [-0.05, 0) is 44.0 Å². The molecule has 1 aromatic rings. The van der Waals surface area contributed by atoms with Crippen molar-refractivity contribution in [3.05, 3.63) is 35.4 Å². The van der Waals surface area contributed by atoms with E-state index in [1.54, 1.807) is 7.11 Å². The van der Waals surface area contributed by atoms with Crippen LogP contribution in [0.15, 0.2) is 24.3 Å². The maximum absolute atomic E-state index is 5.27. The van der Waals surface area contributed by atoms with Crippen LogP contribution in [0.4, 0.5) is 0 Å². The summed E-state index contributed by atoms with van der Waals surface area (Å²) in [6.45, 7) is 5.15. The number of rotatable bonds is 6. The minimum atomic E-state index is 0.422. The molecule has 0 amide bonds. The van der Waals surface area contributed by atoms with Gasteiger partial charge in [0, 0.05) is 25.7 Å². The number of ether oxygens (including phenoxy) is 1. The van der Waals surface area contributed by atoms with Crippen molar-refractivity contribution >= 4 is 0 Å². The standard InChI is InChI=1S/C17H28N2O/c1-4-19(12-13-20-3)16-11-7-9-14-8-5-6-10-15(14)17(16)18-2/h5-6,8,10,16-18H,4,7,9,11-13H2,1-3H3. The second-order valence-electron chi connectivity index (χ2n) is 5.55. The molecule has 2 unspecified atom stereocenters.